The maximum Gasteiger partial charge on any atom is 0.501 e. The van der Waals surface area contributed by atoms with Gasteiger partial charge in [0.15, 0.2) is 0 Å². The number of sulfone groups is 1. The van der Waals surface area contributed by atoms with Crippen molar-refractivity contribution in [3.63, 3.8) is 0 Å². The number of alkyl halides is 3. The van der Waals surface area contributed by atoms with Crippen molar-refractivity contribution < 1.29 is 26.0 Å². The first-order chi connectivity index (χ1) is 17.5. The van der Waals surface area contributed by atoms with Crippen molar-refractivity contribution in [2.45, 2.75) is 16.9 Å². The fraction of sp³-hybridized carbons (Fsp3) is 0.0800. The standard InChI is InChI=1S/C25H15ClF4N4O2S/c26-15-5-10-18-20(11-15)23(19-3-1-2-4-21(19)27)31-12-14-13-32-24(34-22(14)18)33-16-6-8-17(9-7-16)37(35,36)25(28,29)30/h1-11,13H,12H2,(H,32,33,34). The van der Waals surface area contributed by atoms with E-state index in [2.05, 4.69) is 20.3 Å². The van der Waals surface area contributed by atoms with Crippen LogP contribution in [0.4, 0.5) is 29.2 Å². The van der Waals surface area contributed by atoms with E-state index in [-0.39, 0.29) is 18.2 Å². The summed E-state index contributed by atoms with van der Waals surface area (Å²) < 4.78 is 76.2. The van der Waals surface area contributed by atoms with E-state index < -0.39 is 26.1 Å². The van der Waals surface area contributed by atoms with Crippen LogP contribution in [-0.4, -0.2) is 29.6 Å². The van der Waals surface area contributed by atoms with Gasteiger partial charge in [-0.3, -0.25) is 4.99 Å². The fourth-order valence-corrected chi connectivity index (χ4v) is 4.78. The molecule has 12 heteroatoms. The molecule has 2 heterocycles. The predicted octanol–water partition coefficient (Wildman–Crippen LogP) is 6.32. The summed E-state index contributed by atoms with van der Waals surface area (Å²) >= 11 is 6.25. The van der Waals surface area contributed by atoms with Crippen LogP contribution >= 0.6 is 11.6 Å². The molecule has 1 aliphatic heterocycles. The lowest BCUT2D eigenvalue weighted by Crippen LogP contribution is -2.23. The van der Waals surface area contributed by atoms with E-state index in [9.17, 15) is 26.0 Å². The third-order valence-corrected chi connectivity index (χ3v) is 7.36. The number of hydrogen-bond acceptors (Lipinski definition) is 6. The summed E-state index contributed by atoms with van der Waals surface area (Å²) in [5.41, 5.74) is -2.04. The molecule has 0 atom stereocenters. The third-order valence-electron chi connectivity index (χ3n) is 5.62. The number of anilines is 2. The van der Waals surface area contributed by atoms with Crippen molar-refractivity contribution >= 4 is 38.8 Å². The summed E-state index contributed by atoms with van der Waals surface area (Å²) in [6, 6.07) is 15.4. The van der Waals surface area contributed by atoms with Crippen molar-refractivity contribution in [1.29, 1.82) is 0 Å². The molecule has 0 amide bonds. The van der Waals surface area contributed by atoms with Gasteiger partial charge in [-0.1, -0.05) is 29.8 Å². The molecule has 0 saturated heterocycles. The average molecular weight is 547 g/mol. The Hall–Kier alpha value is -3.83. The van der Waals surface area contributed by atoms with Gasteiger partial charge in [-0.15, -0.1) is 0 Å². The Morgan fingerprint density at radius 1 is 0.919 bits per heavy atom. The lowest BCUT2D eigenvalue weighted by molar-refractivity contribution is -0.0436. The SMILES string of the molecule is O=S(=O)(c1ccc(Nc2ncc3c(n2)-c2ccc(Cl)cc2C(c2ccccc2F)=NC3)cc1)C(F)(F)F. The quantitative estimate of drug-likeness (QED) is 0.303. The predicted molar refractivity (Wildman–Crippen MR) is 131 cm³/mol. The molecule has 188 valence electrons. The van der Waals surface area contributed by atoms with E-state index in [0.717, 1.165) is 12.1 Å². The number of rotatable bonds is 4. The van der Waals surface area contributed by atoms with Gasteiger partial charge in [-0.2, -0.15) is 13.2 Å². The highest BCUT2D eigenvalue weighted by Crippen LogP contribution is 2.35. The molecule has 1 aliphatic rings. The van der Waals surface area contributed by atoms with Gasteiger partial charge in [0.25, 0.3) is 9.84 Å². The highest BCUT2D eigenvalue weighted by Gasteiger charge is 2.46. The van der Waals surface area contributed by atoms with E-state index in [0.29, 0.717) is 38.7 Å². The zero-order valence-electron chi connectivity index (χ0n) is 18.6. The molecule has 0 radical (unpaired) electrons. The maximum atomic E-state index is 14.7. The van der Waals surface area contributed by atoms with E-state index >= 15 is 0 Å². The van der Waals surface area contributed by atoms with Crippen LogP contribution in [0.25, 0.3) is 11.3 Å². The Labute approximate surface area is 213 Å². The van der Waals surface area contributed by atoms with Crippen LogP contribution in [0.15, 0.2) is 82.8 Å². The first-order valence-electron chi connectivity index (χ1n) is 10.7. The minimum atomic E-state index is -5.46. The van der Waals surface area contributed by atoms with Crippen LogP contribution in [0.1, 0.15) is 16.7 Å². The zero-order valence-corrected chi connectivity index (χ0v) is 20.2. The molecule has 5 rings (SSSR count). The second-order valence-electron chi connectivity index (χ2n) is 8.00. The van der Waals surface area contributed by atoms with E-state index in [1.807, 2.05) is 0 Å². The molecule has 1 aromatic heterocycles. The smallest absolute Gasteiger partial charge is 0.324 e. The molecule has 0 bridgehead atoms. The van der Waals surface area contributed by atoms with Crippen LogP contribution in [0.3, 0.4) is 0 Å². The zero-order chi connectivity index (χ0) is 26.4. The van der Waals surface area contributed by atoms with Crippen molar-refractivity contribution in [3.8, 4) is 11.3 Å². The fourth-order valence-electron chi connectivity index (χ4n) is 3.85. The molecular weight excluding hydrogens is 532 g/mol. The summed E-state index contributed by atoms with van der Waals surface area (Å²) in [5, 5.41) is 3.29. The molecule has 37 heavy (non-hydrogen) atoms. The van der Waals surface area contributed by atoms with E-state index in [1.54, 1.807) is 42.6 Å². The highest BCUT2D eigenvalue weighted by atomic mass is 35.5. The number of aromatic nitrogens is 2. The third kappa shape index (κ3) is 4.67. The molecule has 4 aromatic rings. The molecule has 3 aromatic carbocycles. The Kier molecular flexibility index (Phi) is 6.20. The van der Waals surface area contributed by atoms with Crippen LogP contribution in [0.5, 0.6) is 0 Å². The molecular formula is C25H15ClF4N4O2S. The number of halogens is 5. The molecule has 0 unspecified atom stereocenters. The number of fused-ring (bicyclic) bond motifs is 3. The second-order valence-corrected chi connectivity index (χ2v) is 10.4. The van der Waals surface area contributed by atoms with Gasteiger partial charge in [-0.05, 0) is 48.5 Å². The van der Waals surface area contributed by atoms with Gasteiger partial charge in [0.05, 0.1) is 22.8 Å². The molecule has 0 aliphatic carbocycles. The number of nitrogens with zero attached hydrogens (tertiary/aromatic N) is 3. The van der Waals surface area contributed by atoms with Crippen molar-refractivity contribution in [1.82, 2.24) is 9.97 Å². The van der Waals surface area contributed by atoms with Crippen LogP contribution in [-0.2, 0) is 16.4 Å². The lowest BCUT2D eigenvalue weighted by atomic mass is 9.95. The van der Waals surface area contributed by atoms with Crippen LogP contribution < -0.4 is 5.32 Å². The minimum absolute atomic E-state index is 0.112. The monoisotopic (exact) mass is 546 g/mol. The summed E-state index contributed by atoms with van der Waals surface area (Å²) in [6.45, 7) is 0.162. The molecule has 0 spiro atoms. The van der Waals surface area contributed by atoms with Crippen molar-refractivity contribution in [2.75, 3.05) is 5.32 Å². The Bertz CT molecular complexity index is 1660. The van der Waals surface area contributed by atoms with Crippen molar-refractivity contribution in [3.05, 3.63) is 100 Å². The van der Waals surface area contributed by atoms with Gasteiger partial charge >= 0.3 is 5.51 Å². The van der Waals surface area contributed by atoms with Gasteiger partial charge in [-0.25, -0.2) is 22.8 Å². The van der Waals surface area contributed by atoms with Crippen molar-refractivity contribution in [2.24, 2.45) is 4.99 Å². The van der Waals surface area contributed by atoms with Crippen LogP contribution in [0.2, 0.25) is 5.02 Å². The number of nitrogens with one attached hydrogen (secondary N) is 1. The summed E-state index contributed by atoms with van der Waals surface area (Å²) in [6.07, 6.45) is 1.54. The first-order valence-corrected chi connectivity index (χ1v) is 12.5. The van der Waals surface area contributed by atoms with E-state index in [4.69, 9.17) is 11.6 Å². The number of benzene rings is 3. The summed E-state index contributed by atoms with van der Waals surface area (Å²) in [7, 11) is -5.46. The first kappa shape index (κ1) is 24.8. The Morgan fingerprint density at radius 2 is 1.65 bits per heavy atom. The normalized spacial score (nSPS) is 13.3. The molecule has 6 nitrogen and oxygen atoms in total. The second kappa shape index (κ2) is 9.24. The summed E-state index contributed by atoms with van der Waals surface area (Å²) in [5.74, 6) is -0.331. The van der Waals surface area contributed by atoms with E-state index in [1.165, 1.54) is 18.2 Å². The number of hydrogen-bond donors (Lipinski definition) is 1. The number of aliphatic imine (C=N–C) groups is 1. The van der Waals surface area contributed by atoms with Gasteiger partial charge in [0, 0.05) is 39.2 Å². The lowest BCUT2D eigenvalue weighted by Gasteiger charge is -2.13. The van der Waals surface area contributed by atoms with Gasteiger partial charge in [0.2, 0.25) is 5.95 Å². The maximum absolute atomic E-state index is 14.7. The summed E-state index contributed by atoms with van der Waals surface area (Å²) in [4.78, 5) is 12.6. The highest BCUT2D eigenvalue weighted by molar-refractivity contribution is 7.92. The van der Waals surface area contributed by atoms with Crippen LogP contribution in [0, 0.1) is 5.82 Å². The minimum Gasteiger partial charge on any atom is -0.324 e. The average Bonchev–Trinajstić information content (AvgIpc) is 3.00. The molecule has 1 N–H and O–H groups in total. The topological polar surface area (TPSA) is 84.3 Å². The Morgan fingerprint density at radius 3 is 2.35 bits per heavy atom. The van der Waals surface area contributed by atoms with Gasteiger partial charge in [0.1, 0.15) is 5.82 Å². The molecule has 0 fully saturated rings. The Balaban J connectivity index is 1.52. The largest absolute Gasteiger partial charge is 0.501 e. The van der Waals surface area contributed by atoms with Gasteiger partial charge < -0.3 is 5.32 Å². The molecule has 0 saturated carbocycles.